The molecule has 0 radical (unpaired) electrons. The second kappa shape index (κ2) is 9.02. The van der Waals surface area contributed by atoms with E-state index in [0.717, 1.165) is 51.3 Å². The van der Waals surface area contributed by atoms with Crippen molar-refractivity contribution >= 4 is 34.6 Å². The summed E-state index contributed by atoms with van der Waals surface area (Å²) in [5, 5.41) is 8.47. The standard InChI is InChI=1S/C31H26N6O2/c1-19-10-14-22(15-11-19)37-30-27(20(2)35-37)28(26-9-6-18-39-26)36-25-8-5-4-7-24(25)33-29(31(36)34-30)32-21-12-16-23(38-3)17-13-21/h4-18,28H,1-3H3,(H,32,33)/t28-/m0/s1. The summed E-state index contributed by atoms with van der Waals surface area (Å²) in [5.41, 5.74) is 6.68. The van der Waals surface area contributed by atoms with Crippen molar-refractivity contribution in [2.24, 2.45) is 9.98 Å². The third kappa shape index (κ3) is 3.80. The Morgan fingerprint density at radius 1 is 0.872 bits per heavy atom. The summed E-state index contributed by atoms with van der Waals surface area (Å²) in [6, 6.07) is 27.8. The summed E-state index contributed by atoms with van der Waals surface area (Å²) in [4.78, 5) is 12.5. The van der Waals surface area contributed by atoms with Crippen LogP contribution in [0.5, 0.6) is 5.75 Å². The van der Waals surface area contributed by atoms with Crippen LogP contribution in [0.15, 0.2) is 106 Å². The molecule has 3 aromatic carbocycles. The van der Waals surface area contributed by atoms with Crippen molar-refractivity contribution < 1.29 is 9.15 Å². The van der Waals surface area contributed by atoms with E-state index in [1.54, 1.807) is 13.4 Å². The highest BCUT2D eigenvalue weighted by atomic mass is 16.5. The van der Waals surface area contributed by atoms with E-state index in [-0.39, 0.29) is 6.04 Å². The zero-order valence-electron chi connectivity index (χ0n) is 21.8. The van der Waals surface area contributed by atoms with Crippen LogP contribution in [0.25, 0.3) is 5.69 Å². The molecular weight excluding hydrogens is 488 g/mol. The number of amidine groups is 2. The molecule has 0 spiro atoms. The van der Waals surface area contributed by atoms with E-state index in [0.29, 0.717) is 11.7 Å². The van der Waals surface area contributed by atoms with Crippen molar-refractivity contribution in [2.45, 2.75) is 19.9 Å². The molecule has 2 aromatic heterocycles. The number of fused-ring (bicyclic) bond motifs is 4. The average molecular weight is 515 g/mol. The van der Waals surface area contributed by atoms with Gasteiger partial charge in [0.05, 0.1) is 41.7 Å². The Bertz CT molecular complexity index is 1730. The summed E-state index contributed by atoms with van der Waals surface area (Å²) in [6.45, 7) is 4.10. The lowest BCUT2D eigenvalue weighted by molar-refractivity contribution is 0.415. The van der Waals surface area contributed by atoms with Crippen molar-refractivity contribution in [3.63, 3.8) is 0 Å². The quantitative estimate of drug-likeness (QED) is 0.283. The number of ether oxygens (including phenoxy) is 1. The summed E-state index contributed by atoms with van der Waals surface area (Å²) < 4.78 is 13.3. The number of aliphatic imine (C=N–C) groups is 2. The third-order valence-corrected chi connectivity index (χ3v) is 7.08. The highest BCUT2D eigenvalue weighted by Gasteiger charge is 2.42. The minimum atomic E-state index is -0.286. The predicted octanol–water partition coefficient (Wildman–Crippen LogP) is 6.89. The Kier molecular flexibility index (Phi) is 5.33. The lowest BCUT2D eigenvalue weighted by Gasteiger charge is -2.39. The van der Waals surface area contributed by atoms with Gasteiger partial charge in [-0.25, -0.2) is 14.7 Å². The van der Waals surface area contributed by atoms with Gasteiger partial charge in [-0.15, -0.1) is 0 Å². The molecule has 0 saturated heterocycles. The first-order chi connectivity index (χ1) is 19.1. The third-order valence-electron chi connectivity index (χ3n) is 7.08. The molecule has 192 valence electrons. The summed E-state index contributed by atoms with van der Waals surface area (Å²) in [7, 11) is 1.66. The SMILES string of the molecule is COc1ccc(NC2=Nc3ccccc3N3C2=Nc2c(c(C)nn2-c2ccc(C)cc2)[C@@H]3c2ccco2)cc1. The summed E-state index contributed by atoms with van der Waals surface area (Å²) in [6.07, 6.45) is 1.71. The fourth-order valence-electron chi connectivity index (χ4n) is 5.19. The number of nitrogens with one attached hydrogen (secondary N) is 1. The largest absolute Gasteiger partial charge is 0.497 e. The van der Waals surface area contributed by atoms with Gasteiger partial charge in [0.25, 0.3) is 0 Å². The first-order valence-corrected chi connectivity index (χ1v) is 12.8. The highest BCUT2D eigenvalue weighted by Crippen LogP contribution is 2.48. The molecule has 7 rings (SSSR count). The number of aromatic nitrogens is 2. The van der Waals surface area contributed by atoms with E-state index < -0.39 is 0 Å². The fraction of sp³-hybridized carbons (Fsp3) is 0.129. The van der Waals surface area contributed by atoms with Crippen LogP contribution < -0.4 is 15.0 Å². The zero-order chi connectivity index (χ0) is 26.5. The Morgan fingerprint density at radius 2 is 1.67 bits per heavy atom. The number of para-hydroxylation sites is 2. The lowest BCUT2D eigenvalue weighted by Crippen LogP contribution is -2.46. The molecule has 8 heteroatoms. The molecular formula is C31H26N6O2. The van der Waals surface area contributed by atoms with Crippen molar-refractivity contribution in [3.05, 3.63) is 114 Å². The number of methoxy groups -OCH3 is 1. The van der Waals surface area contributed by atoms with Crippen molar-refractivity contribution in [3.8, 4) is 11.4 Å². The van der Waals surface area contributed by atoms with Crippen molar-refractivity contribution in [1.82, 2.24) is 9.78 Å². The molecule has 0 bridgehead atoms. The molecule has 39 heavy (non-hydrogen) atoms. The maximum Gasteiger partial charge on any atom is 0.179 e. The Labute approximate surface area is 225 Å². The number of rotatable bonds is 4. The number of anilines is 2. The van der Waals surface area contributed by atoms with Gasteiger partial charge in [0.15, 0.2) is 17.5 Å². The molecule has 4 heterocycles. The molecule has 1 N–H and O–H groups in total. The molecule has 0 saturated carbocycles. The normalized spacial score (nSPS) is 15.6. The maximum atomic E-state index is 6.05. The molecule has 0 amide bonds. The minimum Gasteiger partial charge on any atom is -0.497 e. The number of hydrogen-bond donors (Lipinski definition) is 1. The van der Waals surface area contributed by atoms with Crippen molar-refractivity contribution in [1.29, 1.82) is 0 Å². The topological polar surface area (TPSA) is 80.2 Å². The minimum absolute atomic E-state index is 0.286. The molecule has 5 aromatic rings. The van der Waals surface area contributed by atoms with Gasteiger partial charge >= 0.3 is 0 Å². The Morgan fingerprint density at radius 3 is 2.41 bits per heavy atom. The highest BCUT2D eigenvalue weighted by molar-refractivity contribution is 6.51. The van der Waals surface area contributed by atoms with Crippen LogP contribution in [0.1, 0.15) is 28.6 Å². The first-order valence-electron chi connectivity index (χ1n) is 12.8. The van der Waals surface area contributed by atoms with Gasteiger partial charge in [0.1, 0.15) is 17.6 Å². The zero-order valence-corrected chi connectivity index (χ0v) is 21.8. The van der Waals surface area contributed by atoms with Gasteiger partial charge in [-0.3, -0.25) is 0 Å². The van der Waals surface area contributed by atoms with Crippen LogP contribution in [-0.4, -0.2) is 28.6 Å². The first kappa shape index (κ1) is 23.0. The smallest absolute Gasteiger partial charge is 0.179 e. The lowest BCUT2D eigenvalue weighted by atomic mass is 9.98. The van der Waals surface area contributed by atoms with E-state index in [1.807, 2.05) is 66.2 Å². The molecule has 2 aliphatic heterocycles. The average Bonchev–Trinajstić information content (AvgIpc) is 3.61. The molecule has 2 aliphatic rings. The van der Waals surface area contributed by atoms with Gasteiger partial charge in [-0.2, -0.15) is 5.10 Å². The second-order valence-corrected chi connectivity index (χ2v) is 9.60. The van der Waals surface area contributed by atoms with Crippen LogP contribution in [0.3, 0.4) is 0 Å². The molecule has 0 unspecified atom stereocenters. The van der Waals surface area contributed by atoms with Gasteiger partial charge in [0, 0.05) is 5.69 Å². The Hall–Kier alpha value is -5.11. The predicted molar refractivity (Wildman–Crippen MR) is 153 cm³/mol. The number of hydrogen-bond acceptors (Lipinski definition) is 7. The van der Waals surface area contributed by atoms with Gasteiger partial charge in [-0.05, 0) is 74.5 Å². The summed E-state index contributed by atoms with van der Waals surface area (Å²) >= 11 is 0. The van der Waals surface area contributed by atoms with E-state index in [1.165, 1.54) is 5.56 Å². The van der Waals surface area contributed by atoms with Gasteiger partial charge in [0.2, 0.25) is 0 Å². The fourth-order valence-corrected chi connectivity index (χ4v) is 5.19. The van der Waals surface area contributed by atoms with Gasteiger partial charge < -0.3 is 19.4 Å². The van der Waals surface area contributed by atoms with Crippen LogP contribution in [0, 0.1) is 13.8 Å². The summed E-state index contributed by atoms with van der Waals surface area (Å²) in [5.74, 6) is 3.67. The Balaban J connectivity index is 1.46. The van der Waals surface area contributed by atoms with Crippen LogP contribution in [-0.2, 0) is 0 Å². The van der Waals surface area contributed by atoms with E-state index in [4.69, 9.17) is 24.2 Å². The van der Waals surface area contributed by atoms with Crippen LogP contribution >= 0.6 is 0 Å². The van der Waals surface area contributed by atoms with E-state index in [2.05, 4.69) is 47.5 Å². The number of benzene rings is 3. The van der Waals surface area contributed by atoms with E-state index >= 15 is 0 Å². The monoisotopic (exact) mass is 514 g/mol. The molecule has 1 atom stereocenters. The number of furan rings is 1. The second-order valence-electron chi connectivity index (χ2n) is 9.60. The molecule has 0 aliphatic carbocycles. The number of nitrogens with zero attached hydrogens (tertiary/aromatic N) is 5. The molecule has 0 fully saturated rings. The van der Waals surface area contributed by atoms with Crippen molar-refractivity contribution in [2.75, 3.05) is 17.3 Å². The van der Waals surface area contributed by atoms with Crippen LogP contribution in [0.2, 0.25) is 0 Å². The molecule has 8 nitrogen and oxygen atoms in total. The van der Waals surface area contributed by atoms with Gasteiger partial charge in [-0.1, -0.05) is 29.8 Å². The number of aryl methyl sites for hydroxylation is 2. The maximum absolute atomic E-state index is 6.05. The van der Waals surface area contributed by atoms with Crippen LogP contribution in [0.4, 0.5) is 22.9 Å². The van der Waals surface area contributed by atoms with E-state index in [9.17, 15) is 0 Å².